The lowest BCUT2D eigenvalue weighted by Crippen LogP contribution is -2.35. The van der Waals surface area contributed by atoms with Crippen molar-refractivity contribution in [3.8, 4) is 0 Å². The number of hydrogen-bond acceptors (Lipinski definition) is 2. The fourth-order valence-electron chi connectivity index (χ4n) is 1.74. The molecule has 1 unspecified atom stereocenters. The minimum atomic E-state index is -0.987. The first-order valence-corrected chi connectivity index (χ1v) is 6.70. The standard InChI is InChI=1S/C13H19NO2S/c1-13(2,3)11(14-12(15)16)9-6-5-7-10(8-9)17-4/h5-8,11,14H,1-4H3,(H,15,16). The second-order valence-corrected chi connectivity index (χ2v) is 5.90. The molecular formula is C13H19NO2S. The molecule has 0 heterocycles. The summed E-state index contributed by atoms with van der Waals surface area (Å²) in [6.07, 6.45) is 1.02. The quantitative estimate of drug-likeness (QED) is 0.806. The maximum absolute atomic E-state index is 10.9. The highest BCUT2D eigenvalue weighted by atomic mass is 32.2. The average Bonchev–Trinajstić information content (AvgIpc) is 2.24. The van der Waals surface area contributed by atoms with E-state index in [1.807, 2.05) is 51.3 Å². The summed E-state index contributed by atoms with van der Waals surface area (Å²) in [5, 5.41) is 11.5. The zero-order valence-corrected chi connectivity index (χ0v) is 11.5. The monoisotopic (exact) mass is 253 g/mol. The van der Waals surface area contributed by atoms with Crippen LogP contribution in [0.1, 0.15) is 32.4 Å². The predicted octanol–water partition coefficient (Wildman–Crippen LogP) is 3.76. The van der Waals surface area contributed by atoms with Crippen LogP contribution in [0.5, 0.6) is 0 Å². The van der Waals surface area contributed by atoms with Crippen LogP contribution in [-0.4, -0.2) is 17.5 Å². The molecule has 0 aliphatic heterocycles. The van der Waals surface area contributed by atoms with E-state index in [-0.39, 0.29) is 11.5 Å². The molecule has 0 spiro atoms. The number of nitrogens with one attached hydrogen (secondary N) is 1. The van der Waals surface area contributed by atoms with Crippen LogP contribution < -0.4 is 5.32 Å². The van der Waals surface area contributed by atoms with Crippen molar-refractivity contribution < 1.29 is 9.90 Å². The molecular weight excluding hydrogens is 234 g/mol. The van der Waals surface area contributed by atoms with Gasteiger partial charge < -0.3 is 10.4 Å². The zero-order valence-electron chi connectivity index (χ0n) is 10.7. The van der Waals surface area contributed by atoms with Crippen molar-refractivity contribution in [3.63, 3.8) is 0 Å². The number of amides is 1. The first kappa shape index (κ1) is 13.9. The van der Waals surface area contributed by atoms with Gasteiger partial charge in [-0.2, -0.15) is 0 Å². The van der Waals surface area contributed by atoms with Crippen LogP contribution in [0, 0.1) is 5.41 Å². The Morgan fingerprint density at radius 3 is 2.53 bits per heavy atom. The first-order valence-electron chi connectivity index (χ1n) is 5.48. The Hall–Kier alpha value is -1.16. The second-order valence-electron chi connectivity index (χ2n) is 5.03. The van der Waals surface area contributed by atoms with Crippen molar-refractivity contribution in [2.75, 3.05) is 6.26 Å². The van der Waals surface area contributed by atoms with Crippen molar-refractivity contribution in [2.45, 2.75) is 31.7 Å². The van der Waals surface area contributed by atoms with Gasteiger partial charge in [0.05, 0.1) is 6.04 Å². The zero-order chi connectivity index (χ0) is 13.1. The fraction of sp³-hybridized carbons (Fsp3) is 0.462. The van der Waals surface area contributed by atoms with Gasteiger partial charge in [0.15, 0.2) is 0 Å². The Morgan fingerprint density at radius 1 is 1.41 bits per heavy atom. The van der Waals surface area contributed by atoms with Gasteiger partial charge in [-0.05, 0) is 29.4 Å². The lowest BCUT2D eigenvalue weighted by molar-refractivity contribution is 0.175. The number of hydrogen-bond donors (Lipinski definition) is 2. The third-order valence-corrected chi connectivity index (χ3v) is 3.29. The predicted molar refractivity (Wildman–Crippen MR) is 71.6 cm³/mol. The highest BCUT2D eigenvalue weighted by Gasteiger charge is 2.27. The molecule has 1 amide bonds. The first-order chi connectivity index (χ1) is 7.84. The lowest BCUT2D eigenvalue weighted by Gasteiger charge is -2.31. The minimum Gasteiger partial charge on any atom is -0.465 e. The van der Waals surface area contributed by atoms with Crippen molar-refractivity contribution in [1.29, 1.82) is 0 Å². The number of benzene rings is 1. The van der Waals surface area contributed by atoms with E-state index in [0.29, 0.717) is 0 Å². The van der Waals surface area contributed by atoms with Crippen molar-refractivity contribution in [3.05, 3.63) is 29.8 Å². The molecule has 4 heteroatoms. The average molecular weight is 253 g/mol. The van der Waals surface area contributed by atoms with E-state index in [1.54, 1.807) is 11.8 Å². The number of carboxylic acid groups (broad SMARTS) is 1. The molecule has 1 atom stereocenters. The number of thioether (sulfide) groups is 1. The summed E-state index contributed by atoms with van der Waals surface area (Å²) in [4.78, 5) is 12.0. The van der Waals surface area contributed by atoms with Crippen molar-refractivity contribution in [2.24, 2.45) is 5.41 Å². The summed E-state index contributed by atoms with van der Waals surface area (Å²) < 4.78 is 0. The van der Waals surface area contributed by atoms with Crippen LogP contribution in [0.3, 0.4) is 0 Å². The van der Waals surface area contributed by atoms with E-state index < -0.39 is 6.09 Å². The van der Waals surface area contributed by atoms with Crippen molar-refractivity contribution in [1.82, 2.24) is 5.32 Å². The normalized spacial score (nSPS) is 13.2. The maximum Gasteiger partial charge on any atom is 0.405 e. The Kier molecular flexibility index (Phi) is 4.46. The van der Waals surface area contributed by atoms with Gasteiger partial charge in [-0.3, -0.25) is 0 Å². The van der Waals surface area contributed by atoms with E-state index in [4.69, 9.17) is 5.11 Å². The van der Waals surface area contributed by atoms with Gasteiger partial charge in [0.25, 0.3) is 0 Å². The molecule has 94 valence electrons. The molecule has 1 aromatic carbocycles. The topological polar surface area (TPSA) is 49.3 Å². The molecule has 0 radical (unpaired) electrons. The van der Waals surface area contributed by atoms with Crippen LogP contribution in [-0.2, 0) is 0 Å². The molecule has 3 nitrogen and oxygen atoms in total. The van der Waals surface area contributed by atoms with Gasteiger partial charge in [0.2, 0.25) is 0 Å². The van der Waals surface area contributed by atoms with E-state index in [9.17, 15) is 4.79 Å². The third kappa shape index (κ3) is 3.97. The number of rotatable bonds is 3. The third-order valence-electron chi connectivity index (χ3n) is 2.56. The van der Waals surface area contributed by atoms with Gasteiger partial charge >= 0.3 is 6.09 Å². The van der Waals surface area contributed by atoms with Gasteiger partial charge in [0, 0.05) is 4.90 Å². The van der Waals surface area contributed by atoms with Gasteiger partial charge in [-0.25, -0.2) is 4.79 Å². The van der Waals surface area contributed by atoms with Crippen LogP contribution >= 0.6 is 11.8 Å². The molecule has 17 heavy (non-hydrogen) atoms. The van der Waals surface area contributed by atoms with Gasteiger partial charge in [-0.15, -0.1) is 11.8 Å². The smallest absolute Gasteiger partial charge is 0.405 e. The molecule has 0 saturated carbocycles. The number of carbonyl (C=O) groups is 1. The molecule has 2 N–H and O–H groups in total. The Labute approximate surface area is 107 Å². The Bertz CT molecular complexity index is 399. The van der Waals surface area contributed by atoms with E-state index >= 15 is 0 Å². The maximum atomic E-state index is 10.9. The van der Waals surface area contributed by atoms with Crippen LogP contribution in [0.4, 0.5) is 4.79 Å². The van der Waals surface area contributed by atoms with Crippen LogP contribution in [0.15, 0.2) is 29.2 Å². The summed E-state index contributed by atoms with van der Waals surface area (Å²) in [6, 6.07) is 7.78. The molecule has 1 aromatic rings. The molecule has 0 fully saturated rings. The highest BCUT2D eigenvalue weighted by molar-refractivity contribution is 7.98. The van der Waals surface area contributed by atoms with E-state index in [1.165, 1.54) is 0 Å². The van der Waals surface area contributed by atoms with E-state index in [0.717, 1.165) is 10.5 Å². The minimum absolute atomic E-state index is 0.157. The van der Waals surface area contributed by atoms with E-state index in [2.05, 4.69) is 5.32 Å². The van der Waals surface area contributed by atoms with Crippen molar-refractivity contribution >= 4 is 17.9 Å². The fourth-order valence-corrected chi connectivity index (χ4v) is 2.21. The molecule has 0 aromatic heterocycles. The molecule has 0 aliphatic rings. The summed E-state index contributed by atoms with van der Waals surface area (Å²) in [6.45, 7) is 6.08. The largest absolute Gasteiger partial charge is 0.465 e. The molecule has 0 saturated heterocycles. The molecule has 0 bridgehead atoms. The van der Waals surface area contributed by atoms with Crippen LogP contribution in [0.2, 0.25) is 0 Å². The van der Waals surface area contributed by atoms with Crippen LogP contribution in [0.25, 0.3) is 0 Å². The molecule has 1 rings (SSSR count). The summed E-state index contributed by atoms with van der Waals surface area (Å²) >= 11 is 1.65. The second kappa shape index (κ2) is 5.45. The van der Waals surface area contributed by atoms with Gasteiger partial charge in [-0.1, -0.05) is 32.9 Å². The summed E-state index contributed by atoms with van der Waals surface area (Å²) in [5.41, 5.74) is 0.849. The summed E-state index contributed by atoms with van der Waals surface area (Å²) in [5.74, 6) is 0. The van der Waals surface area contributed by atoms with Gasteiger partial charge in [0.1, 0.15) is 0 Å². The SMILES string of the molecule is CSc1cccc(C(NC(=O)O)C(C)(C)C)c1. The molecule has 0 aliphatic carbocycles. The lowest BCUT2D eigenvalue weighted by atomic mass is 9.82. The highest BCUT2D eigenvalue weighted by Crippen LogP contribution is 2.33. The Morgan fingerprint density at radius 2 is 2.06 bits per heavy atom. The summed E-state index contributed by atoms with van der Waals surface area (Å²) in [7, 11) is 0. The Balaban J connectivity index is 3.08.